The Morgan fingerprint density at radius 3 is 2.54 bits per heavy atom. The average molecular weight is 203 g/mol. The van der Waals surface area contributed by atoms with Crippen molar-refractivity contribution in [3.05, 3.63) is 24.4 Å². The van der Waals surface area contributed by atoms with Crippen LogP contribution in [0.5, 0.6) is 0 Å². The topological polar surface area (TPSA) is 57.2 Å². The van der Waals surface area contributed by atoms with E-state index in [0.717, 1.165) is 0 Å². The lowest BCUT2D eigenvalue weighted by molar-refractivity contribution is -0.751. The van der Waals surface area contributed by atoms with E-state index in [-0.39, 0.29) is 6.54 Å². The highest BCUT2D eigenvalue weighted by molar-refractivity contribution is 7.80. The van der Waals surface area contributed by atoms with Crippen LogP contribution in [0.3, 0.4) is 0 Å². The van der Waals surface area contributed by atoms with Gasteiger partial charge in [0.1, 0.15) is 12.7 Å². The van der Waals surface area contributed by atoms with Gasteiger partial charge >= 0.3 is 0 Å². The molecule has 0 spiro atoms. The number of rotatable bonds is 3. The van der Waals surface area contributed by atoms with Gasteiger partial charge in [-0.15, -0.1) is 0 Å². The van der Waals surface area contributed by atoms with E-state index >= 15 is 0 Å². The van der Waals surface area contributed by atoms with Crippen LogP contribution in [-0.2, 0) is 10.3 Å². The molecule has 1 aliphatic heterocycles. The molecule has 5 heteroatoms. The van der Waals surface area contributed by atoms with Crippen LogP contribution in [0.4, 0.5) is 0 Å². The molecule has 1 unspecified atom stereocenters. The summed E-state index contributed by atoms with van der Waals surface area (Å²) >= 11 is 0. The van der Waals surface area contributed by atoms with Crippen molar-refractivity contribution in [3.63, 3.8) is 0 Å². The van der Waals surface area contributed by atoms with Crippen LogP contribution in [0, 0.1) is 0 Å². The Morgan fingerprint density at radius 2 is 2.15 bits per heavy atom. The lowest BCUT2D eigenvalue weighted by Crippen LogP contribution is -2.49. The zero-order valence-electron chi connectivity index (χ0n) is 7.51. The van der Waals surface area contributed by atoms with Gasteiger partial charge in [0.05, 0.1) is 6.54 Å². The second kappa shape index (κ2) is 3.61. The molecular weight excluding hydrogens is 190 g/mol. The van der Waals surface area contributed by atoms with E-state index in [1.165, 1.54) is 6.20 Å². The fourth-order valence-electron chi connectivity index (χ4n) is 1.41. The molecular formula is C8H13NO3S. The second-order valence-electron chi connectivity index (χ2n) is 3.06. The fraction of sp³-hybridized carbons (Fsp3) is 0.500. The Balaban J connectivity index is 3.03. The molecule has 0 aromatic carbocycles. The van der Waals surface area contributed by atoms with E-state index in [1.807, 2.05) is 6.92 Å². The molecule has 1 rings (SSSR count). The van der Waals surface area contributed by atoms with Crippen LogP contribution < -0.4 is 0 Å². The van der Waals surface area contributed by atoms with Gasteiger partial charge in [-0.05, 0) is 18.6 Å². The maximum absolute atomic E-state index is 11.0. The van der Waals surface area contributed by atoms with Gasteiger partial charge in [-0.3, -0.25) is 0 Å². The van der Waals surface area contributed by atoms with E-state index in [4.69, 9.17) is 0 Å². The summed E-state index contributed by atoms with van der Waals surface area (Å²) in [4.78, 5) is 0. The zero-order chi connectivity index (χ0) is 9.95. The summed E-state index contributed by atoms with van der Waals surface area (Å²) in [5, 5.41) is 0. The van der Waals surface area contributed by atoms with E-state index in [1.54, 1.807) is 18.2 Å². The largest absolute Gasteiger partial charge is 0.701 e. The van der Waals surface area contributed by atoms with Crippen molar-refractivity contribution in [1.82, 2.24) is 0 Å². The highest BCUT2D eigenvalue weighted by Crippen LogP contribution is 2.19. The fourth-order valence-corrected chi connectivity index (χ4v) is 2.30. The van der Waals surface area contributed by atoms with Gasteiger partial charge in [-0.25, -0.2) is 0 Å². The molecule has 4 nitrogen and oxygen atoms in total. The quantitative estimate of drug-likeness (QED) is 0.502. The molecule has 0 aliphatic carbocycles. The molecule has 1 aliphatic rings. The van der Waals surface area contributed by atoms with E-state index in [2.05, 4.69) is 0 Å². The Bertz CT molecular complexity index is 331. The van der Waals surface area contributed by atoms with E-state index in [9.17, 15) is 13.0 Å². The van der Waals surface area contributed by atoms with Gasteiger partial charge in [-0.2, -0.15) is 12.3 Å². The third-order valence-electron chi connectivity index (χ3n) is 2.07. The van der Waals surface area contributed by atoms with Crippen LogP contribution in [-0.4, -0.2) is 29.9 Å². The van der Waals surface area contributed by atoms with Crippen LogP contribution >= 0.6 is 0 Å². The minimum absolute atomic E-state index is 0.246. The van der Waals surface area contributed by atoms with Crippen molar-refractivity contribution in [3.8, 4) is 0 Å². The summed E-state index contributed by atoms with van der Waals surface area (Å²) in [7, 11) is -4.30. The summed E-state index contributed by atoms with van der Waals surface area (Å²) in [6.45, 7) is 2.44. The van der Waals surface area contributed by atoms with Gasteiger partial charge in [0, 0.05) is 0 Å². The van der Waals surface area contributed by atoms with Gasteiger partial charge in [0.15, 0.2) is 0 Å². The average Bonchev–Trinajstić information content (AvgIpc) is 2.04. The summed E-state index contributed by atoms with van der Waals surface area (Å²) in [6, 6.07) is 0. The van der Waals surface area contributed by atoms with Gasteiger partial charge in [-0.1, -0.05) is 13.0 Å². The lowest BCUT2D eigenvalue weighted by Gasteiger charge is -2.35. The standard InChI is InChI=1S/C8H13NO3S/c1-2-6-9(13(10,11)12)7-4-3-5-8-9/h3-5,7H,2,6,8H2,1H3. The normalized spacial score (nSPS) is 27.8. The lowest BCUT2D eigenvalue weighted by atomic mass is 10.3. The SMILES string of the molecule is CCC[N+]1(S(=O)(=O)[O-])C=CC=CC1. The van der Waals surface area contributed by atoms with Gasteiger partial charge < -0.3 is 4.55 Å². The Kier molecular flexibility index (Phi) is 2.90. The number of hydrogen-bond donors (Lipinski definition) is 0. The first-order valence-electron chi connectivity index (χ1n) is 4.19. The van der Waals surface area contributed by atoms with E-state index in [0.29, 0.717) is 13.0 Å². The summed E-state index contributed by atoms with van der Waals surface area (Å²) in [5.41, 5.74) is 0. The van der Waals surface area contributed by atoms with Crippen molar-refractivity contribution in [2.45, 2.75) is 13.3 Å². The molecule has 0 aromatic rings. The van der Waals surface area contributed by atoms with Crippen molar-refractivity contribution < 1.29 is 16.9 Å². The molecule has 0 saturated carbocycles. The molecule has 0 amide bonds. The predicted octanol–water partition coefficient (Wildman–Crippen LogP) is 0.757. The Labute approximate surface area is 78.6 Å². The van der Waals surface area contributed by atoms with Crippen molar-refractivity contribution in [1.29, 1.82) is 0 Å². The molecule has 1 heterocycles. The molecule has 0 aromatic heterocycles. The first kappa shape index (κ1) is 10.4. The predicted molar refractivity (Wildman–Crippen MR) is 48.3 cm³/mol. The number of allylic oxidation sites excluding steroid dienone is 2. The maximum Gasteiger partial charge on any atom is 0.259 e. The zero-order valence-corrected chi connectivity index (χ0v) is 8.33. The molecule has 0 radical (unpaired) electrons. The molecule has 0 bridgehead atoms. The molecule has 74 valence electrons. The van der Waals surface area contributed by atoms with Crippen molar-refractivity contribution >= 4 is 10.3 Å². The molecule has 0 saturated heterocycles. The Hall–Kier alpha value is -0.650. The third-order valence-corrected chi connectivity index (χ3v) is 3.41. The van der Waals surface area contributed by atoms with Crippen LogP contribution in [0.1, 0.15) is 13.3 Å². The summed E-state index contributed by atoms with van der Waals surface area (Å²) in [5.74, 6) is 0. The van der Waals surface area contributed by atoms with Gasteiger partial charge in [0.25, 0.3) is 10.3 Å². The number of hydrogen-bond acceptors (Lipinski definition) is 3. The highest BCUT2D eigenvalue weighted by atomic mass is 32.2. The van der Waals surface area contributed by atoms with Crippen LogP contribution in [0.2, 0.25) is 0 Å². The smallest absolute Gasteiger partial charge is 0.259 e. The highest BCUT2D eigenvalue weighted by Gasteiger charge is 2.31. The molecule has 0 fully saturated rings. The Morgan fingerprint density at radius 1 is 1.46 bits per heavy atom. The van der Waals surface area contributed by atoms with Gasteiger partial charge in [0.2, 0.25) is 0 Å². The first-order chi connectivity index (χ1) is 6.02. The van der Waals surface area contributed by atoms with Crippen molar-refractivity contribution in [2.24, 2.45) is 0 Å². The minimum Gasteiger partial charge on any atom is -0.701 e. The number of nitrogens with zero attached hydrogens (tertiary/aromatic N) is 1. The molecule has 1 atom stereocenters. The van der Waals surface area contributed by atoms with E-state index < -0.39 is 14.2 Å². The third kappa shape index (κ3) is 1.99. The molecule has 13 heavy (non-hydrogen) atoms. The van der Waals surface area contributed by atoms with Crippen LogP contribution in [0.25, 0.3) is 0 Å². The van der Waals surface area contributed by atoms with Crippen LogP contribution in [0.15, 0.2) is 24.4 Å². The minimum atomic E-state index is -4.30. The summed E-state index contributed by atoms with van der Waals surface area (Å²) in [6.07, 6.45) is 7.17. The monoisotopic (exact) mass is 203 g/mol. The maximum atomic E-state index is 11.0. The van der Waals surface area contributed by atoms with Crippen molar-refractivity contribution in [2.75, 3.05) is 13.1 Å². The second-order valence-corrected chi connectivity index (χ2v) is 4.64. The number of quaternary nitrogens is 1. The molecule has 0 N–H and O–H groups in total. The first-order valence-corrected chi connectivity index (χ1v) is 5.55. The summed E-state index contributed by atoms with van der Waals surface area (Å²) < 4.78 is 32.6.